The maximum Gasteiger partial charge on any atom is 0.316 e. The fourth-order valence-corrected chi connectivity index (χ4v) is 2.66. The fourth-order valence-electron chi connectivity index (χ4n) is 2.66. The van der Waals surface area contributed by atoms with Crippen LogP contribution >= 0.6 is 0 Å². The Balaban J connectivity index is 1.62. The first-order valence-corrected chi connectivity index (χ1v) is 8.85. The second-order valence-corrected chi connectivity index (χ2v) is 6.10. The molecule has 28 heavy (non-hydrogen) atoms. The van der Waals surface area contributed by atoms with Crippen LogP contribution in [0, 0.1) is 0 Å². The number of ether oxygens (including phenoxy) is 1. The Morgan fingerprint density at radius 3 is 2.21 bits per heavy atom. The Kier molecular flexibility index (Phi) is 6.25. The van der Waals surface area contributed by atoms with Gasteiger partial charge in [0.05, 0.1) is 12.3 Å². The lowest BCUT2D eigenvalue weighted by molar-refractivity contribution is 0.102. The van der Waals surface area contributed by atoms with Crippen LogP contribution < -0.4 is 21.1 Å². The van der Waals surface area contributed by atoms with E-state index in [-0.39, 0.29) is 5.91 Å². The zero-order valence-electron chi connectivity index (χ0n) is 15.2. The van der Waals surface area contributed by atoms with Gasteiger partial charge in [0.2, 0.25) is 0 Å². The van der Waals surface area contributed by atoms with Gasteiger partial charge in [-0.05, 0) is 42.0 Å². The zero-order chi connectivity index (χ0) is 19.8. The number of urea groups is 1. The van der Waals surface area contributed by atoms with Gasteiger partial charge in [0, 0.05) is 17.7 Å². The van der Waals surface area contributed by atoms with Gasteiger partial charge in [0.15, 0.2) is 0 Å². The summed E-state index contributed by atoms with van der Waals surface area (Å²) in [4.78, 5) is 23.4. The van der Waals surface area contributed by atoms with Crippen LogP contribution in [-0.2, 0) is 6.42 Å². The van der Waals surface area contributed by atoms with E-state index in [2.05, 4.69) is 10.6 Å². The molecule has 142 valence electrons. The third kappa shape index (κ3) is 5.35. The molecule has 3 aromatic carbocycles. The summed E-state index contributed by atoms with van der Waals surface area (Å²) in [7, 11) is 0. The minimum Gasteiger partial charge on any atom is -0.491 e. The Morgan fingerprint density at radius 2 is 1.50 bits per heavy atom. The molecule has 0 spiro atoms. The SMILES string of the molecule is NC(=O)Nc1ccc(C(=O)Nc2ccccc2OCCc2ccccc2)cc1. The van der Waals surface area contributed by atoms with Crippen LogP contribution in [0.3, 0.4) is 0 Å². The molecule has 0 heterocycles. The summed E-state index contributed by atoms with van der Waals surface area (Å²) in [6, 6.07) is 23.2. The Morgan fingerprint density at radius 1 is 0.821 bits per heavy atom. The minimum absolute atomic E-state index is 0.273. The van der Waals surface area contributed by atoms with Crippen molar-refractivity contribution in [2.75, 3.05) is 17.2 Å². The average molecular weight is 375 g/mol. The van der Waals surface area contributed by atoms with Crippen molar-refractivity contribution in [1.82, 2.24) is 0 Å². The molecule has 0 aliphatic heterocycles. The number of benzene rings is 3. The smallest absolute Gasteiger partial charge is 0.316 e. The van der Waals surface area contributed by atoms with E-state index in [0.29, 0.717) is 29.3 Å². The van der Waals surface area contributed by atoms with Crippen LogP contribution in [-0.4, -0.2) is 18.5 Å². The van der Waals surface area contributed by atoms with Crippen LogP contribution in [0.5, 0.6) is 5.75 Å². The number of nitrogens with one attached hydrogen (secondary N) is 2. The lowest BCUT2D eigenvalue weighted by Crippen LogP contribution is -2.19. The predicted molar refractivity (Wildman–Crippen MR) is 110 cm³/mol. The number of hydrogen-bond donors (Lipinski definition) is 3. The lowest BCUT2D eigenvalue weighted by atomic mass is 10.1. The number of nitrogens with two attached hydrogens (primary N) is 1. The molecule has 0 aliphatic rings. The zero-order valence-corrected chi connectivity index (χ0v) is 15.2. The van der Waals surface area contributed by atoms with Gasteiger partial charge in [0.1, 0.15) is 5.75 Å². The molecule has 0 saturated carbocycles. The minimum atomic E-state index is -0.654. The number of anilines is 2. The van der Waals surface area contributed by atoms with Crippen LogP contribution in [0.15, 0.2) is 78.9 Å². The number of carbonyl (C=O) groups is 2. The molecule has 0 atom stereocenters. The number of primary amides is 1. The summed E-state index contributed by atoms with van der Waals surface area (Å²) < 4.78 is 5.86. The van der Waals surface area contributed by atoms with Crippen LogP contribution in [0.2, 0.25) is 0 Å². The summed E-state index contributed by atoms with van der Waals surface area (Å²) in [6.45, 7) is 0.504. The van der Waals surface area contributed by atoms with E-state index in [1.54, 1.807) is 30.3 Å². The number of amides is 3. The van der Waals surface area contributed by atoms with E-state index < -0.39 is 6.03 Å². The first kappa shape index (κ1) is 19.0. The standard InChI is InChI=1S/C22H21N3O3/c23-22(27)24-18-12-10-17(11-13-18)21(26)25-19-8-4-5-9-20(19)28-15-14-16-6-2-1-3-7-16/h1-13H,14-15H2,(H,25,26)(H3,23,24,27). The van der Waals surface area contributed by atoms with E-state index in [4.69, 9.17) is 10.5 Å². The van der Waals surface area contributed by atoms with Gasteiger partial charge >= 0.3 is 6.03 Å². The number of carbonyl (C=O) groups excluding carboxylic acids is 2. The summed E-state index contributed by atoms with van der Waals surface area (Å²) in [5.74, 6) is 0.337. The third-order valence-electron chi connectivity index (χ3n) is 4.04. The maximum atomic E-state index is 12.5. The van der Waals surface area contributed by atoms with Crippen molar-refractivity contribution in [3.8, 4) is 5.75 Å². The van der Waals surface area contributed by atoms with Gasteiger partial charge in [-0.25, -0.2) is 4.79 Å². The second kappa shape index (κ2) is 9.23. The molecule has 0 bridgehead atoms. The van der Waals surface area contributed by atoms with Crippen molar-refractivity contribution in [3.05, 3.63) is 90.0 Å². The van der Waals surface area contributed by atoms with E-state index in [1.165, 1.54) is 5.56 Å². The Bertz CT molecular complexity index is 941. The molecular weight excluding hydrogens is 354 g/mol. The highest BCUT2D eigenvalue weighted by Gasteiger charge is 2.10. The Hall–Kier alpha value is -3.80. The van der Waals surface area contributed by atoms with Crippen molar-refractivity contribution in [1.29, 1.82) is 0 Å². The highest BCUT2D eigenvalue weighted by Crippen LogP contribution is 2.25. The maximum absolute atomic E-state index is 12.5. The van der Waals surface area contributed by atoms with Crippen LogP contribution in [0.4, 0.5) is 16.2 Å². The number of hydrogen-bond acceptors (Lipinski definition) is 3. The highest BCUT2D eigenvalue weighted by molar-refractivity contribution is 6.05. The molecule has 0 aromatic heterocycles. The lowest BCUT2D eigenvalue weighted by Gasteiger charge is -2.13. The number of para-hydroxylation sites is 2. The Labute approximate surface area is 163 Å². The van der Waals surface area contributed by atoms with E-state index in [0.717, 1.165) is 6.42 Å². The van der Waals surface area contributed by atoms with Crippen molar-refractivity contribution in [2.24, 2.45) is 5.73 Å². The number of rotatable bonds is 7. The van der Waals surface area contributed by atoms with Gasteiger partial charge in [0.25, 0.3) is 5.91 Å². The molecule has 0 aliphatic carbocycles. The van der Waals surface area contributed by atoms with Crippen LogP contribution in [0.1, 0.15) is 15.9 Å². The van der Waals surface area contributed by atoms with Gasteiger partial charge in [-0.3, -0.25) is 4.79 Å². The van der Waals surface area contributed by atoms with Crippen molar-refractivity contribution >= 4 is 23.3 Å². The molecule has 4 N–H and O–H groups in total. The second-order valence-electron chi connectivity index (χ2n) is 6.10. The first-order chi connectivity index (χ1) is 13.6. The molecule has 3 amide bonds. The molecule has 0 fully saturated rings. The van der Waals surface area contributed by atoms with Gasteiger partial charge in [-0.15, -0.1) is 0 Å². The highest BCUT2D eigenvalue weighted by atomic mass is 16.5. The fraction of sp³-hybridized carbons (Fsp3) is 0.0909. The normalized spacial score (nSPS) is 10.1. The van der Waals surface area contributed by atoms with E-state index >= 15 is 0 Å². The first-order valence-electron chi connectivity index (χ1n) is 8.85. The molecule has 3 aromatic rings. The molecular formula is C22H21N3O3. The van der Waals surface area contributed by atoms with E-state index in [1.807, 2.05) is 48.5 Å². The monoisotopic (exact) mass is 375 g/mol. The molecule has 0 unspecified atom stereocenters. The van der Waals surface area contributed by atoms with Crippen molar-refractivity contribution in [3.63, 3.8) is 0 Å². The quantitative estimate of drug-likeness (QED) is 0.581. The van der Waals surface area contributed by atoms with Crippen LogP contribution in [0.25, 0.3) is 0 Å². The summed E-state index contributed by atoms with van der Waals surface area (Å²) in [5.41, 5.74) is 7.84. The summed E-state index contributed by atoms with van der Waals surface area (Å²) in [6.07, 6.45) is 0.775. The summed E-state index contributed by atoms with van der Waals surface area (Å²) in [5, 5.41) is 5.31. The topological polar surface area (TPSA) is 93.5 Å². The van der Waals surface area contributed by atoms with Gasteiger partial charge < -0.3 is 21.1 Å². The van der Waals surface area contributed by atoms with Gasteiger partial charge in [-0.1, -0.05) is 42.5 Å². The average Bonchev–Trinajstić information content (AvgIpc) is 2.70. The van der Waals surface area contributed by atoms with Gasteiger partial charge in [-0.2, -0.15) is 0 Å². The third-order valence-corrected chi connectivity index (χ3v) is 4.04. The van der Waals surface area contributed by atoms with Crippen molar-refractivity contribution < 1.29 is 14.3 Å². The largest absolute Gasteiger partial charge is 0.491 e. The molecule has 0 radical (unpaired) electrons. The molecule has 6 heteroatoms. The van der Waals surface area contributed by atoms with Crippen molar-refractivity contribution in [2.45, 2.75) is 6.42 Å². The summed E-state index contributed by atoms with van der Waals surface area (Å²) >= 11 is 0. The molecule has 6 nitrogen and oxygen atoms in total. The molecule has 0 saturated heterocycles. The van der Waals surface area contributed by atoms with E-state index in [9.17, 15) is 9.59 Å². The predicted octanol–water partition coefficient (Wildman–Crippen LogP) is 4.05. The molecule has 3 rings (SSSR count).